The number of benzene rings is 1. The number of nitrogens with zero attached hydrogens (tertiary/aromatic N) is 1. The van der Waals surface area contributed by atoms with E-state index in [0.717, 1.165) is 11.3 Å². The molecule has 0 saturated carbocycles. The second-order valence-corrected chi connectivity index (χ2v) is 7.50. The maximum atomic E-state index is 12.7. The molecule has 160 valence electrons. The number of hydrogen-bond acceptors (Lipinski definition) is 7. The first kappa shape index (κ1) is 23.0. The molecule has 9 nitrogen and oxygen atoms in total. The van der Waals surface area contributed by atoms with Crippen LogP contribution in [0.5, 0.6) is 0 Å². The van der Waals surface area contributed by atoms with Crippen molar-refractivity contribution in [2.45, 2.75) is 6.92 Å². The van der Waals surface area contributed by atoms with Crippen LogP contribution in [0.2, 0.25) is 0 Å². The van der Waals surface area contributed by atoms with E-state index in [9.17, 15) is 19.2 Å². The average Bonchev–Trinajstić information content (AvgIpc) is 3.03. The van der Waals surface area contributed by atoms with E-state index in [1.165, 1.54) is 36.3 Å². The van der Waals surface area contributed by atoms with Crippen LogP contribution in [0, 0.1) is 6.92 Å². The maximum Gasteiger partial charge on any atom is 0.341 e. The van der Waals surface area contributed by atoms with Crippen LogP contribution in [-0.2, 0) is 9.47 Å². The minimum absolute atomic E-state index is 0.0191. The molecule has 30 heavy (non-hydrogen) atoms. The fourth-order valence-electron chi connectivity index (χ4n) is 2.57. The summed E-state index contributed by atoms with van der Waals surface area (Å²) in [5, 5.41) is 2.78. The molecule has 0 saturated heterocycles. The molecule has 1 aromatic carbocycles. The Morgan fingerprint density at radius 3 is 2.20 bits per heavy atom. The van der Waals surface area contributed by atoms with Crippen LogP contribution < -0.4 is 11.1 Å². The van der Waals surface area contributed by atoms with Crippen LogP contribution in [0.4, 0.5) is 5.00 Å². The molecule has 0 aliphatic carbocycles. The predicted molar refractivity (Wildman–Crippen MR) is 112 cm³/mol. The summed E-state index contributed by atoms with van der Waals surface area (Å²) in [4.78, 5) is 50.4. The van der Waals surface area contributed by atoms with E-state index >= 15 is 0 Å². The molecule has 0 radical (unpaired) electrons. The van der Waals surface area contributed by atoms with Gasteiger partial charge in [0.2, 0.25) is 0 Å². The van der Waals surface area contributed by atoms with Gasteiger partial charge in [-0.2, -0.15) is 0 Å². The highest BCUT2D eigenvalue weighted by Crippen LogP contribution is 2.33. The molecule has 0 fully saturated rings. The number of hydrogen-bond donors (Lipinski definition) is 2. The van der Waals surface area contributed by atoms with Crippen LogP contribution >= 0.6 is 11.3 Å². The summed E-state index contributed by atoms with van der Waals surface area (Å²) in [6.07, 6.45) is 0. The molecule has 1 heterocycles. The molecule has 0 bridgehead atoms. The number of nitrogens with two attached hydrogens (primary N) is 1. The Bertz CT molecular complexity index is 966. The van der Waals surface area contributed by atoms with E-state index < -0.39 is 17.8 Å². The van der Waals surface area contributed by atoms with Crippen LogP contribution in [0.1, 0.15) is 46.3 Å². The second kappa shape index (κ2) is 9.99. The summed E-state index contributed by atoms with van der Waals surface area (Å²) in [7, 11) is 4.73. The van der Waals surface area contributed by atoms with Crippen molar-refractivity contribution in [3.8, 4) is 0 Å². The number of thiophene rings is 1. The third-order valence-electron chi connectivity index (χ3n) is 4.12. The van der Waals surface area contributed by atoms with Crippen LogP contribution in [0.3, 0.4) is 0 Å². The van der Waals surface area contributed by atoms with Crippen molar-refractivity contribution in [2.24, 2.45) is 5.73 Å². The first-order valence-electron chi connectivity index (χ1n) is 8.89. The number of amides is 3. The number of nitrogens with one attached hydrogen (secondary N) is 1. The number of primary amides is 1. The molecule has 3 amide bonds. The number of ether oxygens (including phenoxy) is 2. The Hall–Kier alpha value is -3.24. The second-order valence-electron chi connectivity index (χ2n) is 6.48. The molecule has 0 unspecified atom stereocenters. The van der Waals surface area contributed by atoms with Gasteiger partial charge >= 0.3 is 5.97 Å². The zero-order valence-electron chi connectivity index (χ0n) is 17.1. The van der Waals surface area contributed by atoms with Gasteiger partial charge in [0.1, 0.15) is 11.6 Å². The van der Waals surface area contributed by atoms with Crippen LogP contribution in [0.15, 0.2) is 24.3 Å². The number of esters is 1. The predicted octanol–water partition coefficient (Wildman–Crippen LogP) is 1.91. The van der Waals surface area contributed by atoms with Gasteiger partial charge in [-0.1, -0.05) is 0 Å². The van der Waals surface area contributed by atoms with Gasteiger partial charge in [-0.3, -0.25) is 14.4 Å². The summed E-state index contributed by atoms with van der Waals surface area (Å²) in [5.41, 5.74) is 6.48. The molecular formula is C20H23N3O6S. The van der Waals surface area contributed by atoms with Gasteiger partial charge in [-0.25, -0.2) is 4.79 Å². The quantitative estimate of drug-likeness (QED) is 0.483. The molecule has 1 aromatic heterocycles. The molecule has 0 aliphatic heterocycles. The van der Waals surface area contributed by atoms with Crippen molar-refractivity contribution >= 4 is 40.0 Å². The Balaban J connectivity index is 2.29. The third-order valence-corrected chi connectivity index (χ3v) is 5.34. The van der Waals surface area contributed by atoms with E-state index in [1.54, 1.807) is 21.0 Å². The normalized spacial score (nSPS) is 10.4. The van der Waals surface area contributed by atoms with Gasteiger partial charge in [-0.05, 0) is 36.8 Å². The van der Waals surface area contributed by atoms with Crippen LogP contribution in [0.25, 0.3) is 0 Å². The van der Waals surface area contributed by atoms with Gasteiger partial charge in [0, 0.05) is 32.3 Å². The van der Waals surface area contributed by atoms with Crippen LogP contribution in [-0.4, -0.2) is 63.0 Å². The van der Waals surface area contributed by atoms with E-state index in [1.807, 2.05) is 0 Å². The Labute approximate surface area is 177 Å². The van der Waals surface area contributed by atoms with Gasteiger partial charge in [0.15, 0.2) is 0 Å². The van der Waals surface area contributed by atoms with Crippen molar-refractivity contribution < 1.29 is 28.7 Å². The fraction of sp³-hybridized carbons (Fsp3) is 0.300. The summed E-state index contributed by atoms with van der Waals surface area (Å²) >= 11 is 0.897. The topological polar surface area (TPSA) is 128 Å². The van der Waals surface area contributed by atoms with Gasteiger partial charge < -0.3 is 25.4 Å². The molecule has 3 N–H and O–H groups in total. The van der Waals surface area contributed by atoms with Crippen molar-refractivity contribution in [1.29, 1.82) is 0 Å². The number of methoxy groups -OCH3 is 1. The molecule has 2 rings (SSSR count). The van der Waals surface area contributed by atoms with Crippen molar-refractivity contribution in [1.82, 2.24) is 4.90 Å². The lowest BCUT2D eigenvalue weighted by molar-refractivity contribution is 0.0389. The fourth-order valence-corrected chi connectivity index (χ4v) is 3.61. The summed E-state index contributed by atoms with van der Waals surface area (Å²) in [5.74, 6) is -2.11. The van der Waals surface area contributed by atoms with Gasteiger partial charge in [-0.15, -0.1) is 11.3 Å². The summed E-state index contributed by atoms with van der Waals surface area (Å²) in [6, 6.07) is 6.06. The molecule has 0 atom stereocenters. The number of anilines is 1. The van der Waals surface area contributed by atoms with Crippen molar-refractivity contribution in [3.63, 3.8) is 0 Å². The van der Waals surface area contributed by atoms with Gasteiger partial charge in [0.25, 0.3) is 17.7 Å². The Morgan fingerprint density at radius 2 is 1.67 bits per heavy atom. The van der Waals surface area contributed by atoms with Gasteiger partial charge in [0.05, 0.1) is 17.0 Å². The number of carbonyl (C=O) groups excluding carboxylic acids is 4. The Morgan fingerprint density at radius 1 is 1.07 bits per heavy atom. The minimum atomic E-state index is -0.713. The standard InChI is InChI=1S/C20H23N3O6S/c1-11-14(20(27)29-10-9-28-4)18(30-15(11)16(21)24)22-17(25)12-5-7-13(8-6-12)19(26)23(2)3/h5-8H,9-10H2,1-4H3,(H2,21,24)(H,22,25). The molecule has 0 aliphatic rings. The van der Waals surface area contributed by atoms with E-state index in [4.69, 9.17) is 15.2 Å². The molecule has 10 heteroatoms. The lowest BCUT2D eigenvalue weighted by Crippen LogP contribution is -2.21. The Kier molecular flexibility index (Phi) is 7.67. The SMILES string of the molecule is COCCOC(=O)c1c(NC(=O)c2ccc(C(=O)N(C)C)cc2)sc(C(N)=O)c1C. The summed E-state index contributed by atoms with van der Waals surface area (Å²) < 4.78 is 9.98. The number of rotatable bonds is 8. The first-order valence-corrected chi connectivity index (χ1v) is 9.71. The zero-order valence-corrected chi connectivity index (χ0v) is 17.9. The molecular weight excluding hydrogens is 410 g/mol. The lowest BCUT2D eigenvalue weighted by atomic mass is 10.1. The van der Waals surface area contributed by atoms with E-state index in [2.05, 4.69) is 5.32 Å². The molecule has 0 spiro atoms. The van der Waals surface area contributed by atoms with Crippen molar-refractivity contribution in [2.75, 3.05) is 39.7 Å². The largest absolute Gasteiger partial charge is 0.460 e. The molecule has 2 aromatic rings. The highest BCUT2D eigenvalue weighted by Gasteiger charge is 2.26. The minimum Gasteiger partial charge on any atom is -0.460 e. The number of carbonyl (C=O) groups is 4. The first-order chi connectivity index (χ1) is 14.2. The highest BCUT2D eigenvalue weighted by atomic mass is 32.1. The smallest absolute Gasteiger partial charge is 0.341 e. The van der Waals surface area contributed by atoms with Crippen molar-refractivity contribution in [3.05, 3.63) is 51.4 Å². The summed E-state index contributed by atoms with van der Waals surface area (Å²) in [6.45, 7) is 1.78. The van der Waals surface area contributed by atoms with E-state index in [-0.39, 0.29) is 40.1 Å². The van der Waals surface area contributed by atoms with E-state index in [0.29, 0.717) is 11.1 Å². The highest BCUT2D eigenvalue weighted by molar-refractivity contribution is 7.18. The zero-order chi connectivity index (χ0) is 22.4. The third kappa shape index (κ3) is 5.22. The average molecular weight is 433 g/mol. The lowest BCUT2D eigenvalue weighted by Gasteiger charge is -2.11. The maximum absolute atomic E-state index is 12.7. The monoisotopic (exact) mass is 433 g/mol.